The second-order valence-electron chi connectivity index (χ2n) is 7.24. The molecule has 1 spiro atoms. The molecule has 2 saturated heterocycles. The van der Waals surface area contributed by atoms with Crippen molar-refractivity contribution in [3.05, 3.63) is 35.9 Å². The second-order valence-corrected chi connectivity index (χ2v) is 7.24. The van der Waals surface area contributed by atoms with Gasteiger partial charge >= 0.3 is 5.97 Å². The van der Waals surface area contributed by atoms with Crippen molar-refractivity contribution in [1.82, 2.24) is 10.2 Å². The highest BCUT2D eigenvalue weighted by Gasteiger charge is 2.51. The Morgan fingerprint density at radius 3 is 2.67 bits per heavy atom. The second kappa shape index (κ2) is 6.93. The fourth-order valence-corrected chi connectivity index (χ4v) is 3.83. The summed E-state index contributed by atoms with van der Waals surface area (Å²) in [6.07, 6.45) is 1.69. The van der Waals surface area contributed by atoms with Crippen molar-refractivity contribution in [3.63, 3.8) is 0 Å². The molecule has 3 rings (SSSR count). The van der Waals surface area contributed by atoms with Gasteiger partial charge in [-0.25, -0.2) is 4.79 Å². The Morgan fingerprint density at radius 1 is 1.29 bits per heavy atom. The number of likely N-dealkylation sites (tertiary alicyclic amines) is 1. The van der Waals surface area contributed by atoms with Crippen molar-refractivity contribution in [3.8, 4) is 0 Å². The van der Waals surface area contributed by atoms with Gasteiger partial charge in [0.2, 0.25) is 5.91 Å². The number of amides is 1. The third-order valence-corrected chi connectivity index (χ3v) is 5.22. The third-order valence-electron chi connectivity index (χ3n) is 5.22. The number of nitrogens with zero attached hydrogens (tertiary/aromatic N) is 1. The zero-order chi connectivity index (χ0) is 17.2. The van der Waals surface area contributed by atoms with Crippen LogP contribution in [0.1, 0.15) is 32.3 Å². The molecule has 2 heterocycles. The number of carbonyl (C=O) groups is 2. The van der Waals surface area contributed by atoms with Crippen molar-refractivity contribution in [1.29, 1.82) is 0 Å². The minimum Gasteiger partial charge on any atom is -0.459 e. The summed E-state index contributed by atoms with van der Waals surface area (Å²) in [6.45, 7) is 6.44. The first-order valence-corrected chi connectivity index (χ1v) is 8.76. The Hall–Kier alpha value is -1.88. The SMILES string of the molecule is CC(C)[C@@H](C(=O)OCc1ccccc1)N1CCC2(CCNC2)C1=O. The van der Waals surface area contributed by atoms with E-state index in [2.05, 4.69) is 5.32 Å². The van der Waals surface area contributed by atoms with Crippen molar-refractivity contribution in [2.45, 2.75) is 39.3 Å². The van der Waals surface area contributed by atoms with Crippen LogP contribution >= 0.6 is 0 Å². The van der Waals surface area contributed by atoms with Crippen LogP contribution in [0.25, 0.3) is 0 Å². The smallest absolute Gasteiger partial charge is 0.329 e. The number of esters is 1. The van der Waals surface area contributed by atoms with E-state index in [1.807, 2.05) is 44.2 Å². The van der Waals surface area contributed by atoms with Gasteiger partial charge in [0.25, 0.3) is 0 Å². The lowest BCUT2D eigenvalue weighted by atomic mass is 9.85. The number of ether oxygens (including phenoxy) is 1. The topological polar surface area (TPSA) is 58.6 Å². The Bertz CT molecular complexity index is 594. The van der Waals surface area contributed by atoms with Crippen LogP contribution in [-0.2, 0) is 20.9 Å². The monoisotopic (exact) mass is 330 g/mol. The maximum atomic E-state index is 12.9. The summed E-state index contributed by atoms with van der Waals surface area (Å²) in [7, 11) is 0. The summed E-state index contributed by atoms with van der Waals surface area (Å²) >= 11 is 0. The first-order chi connectivity index (χ1) is 11.5. The van der Waals surface area contributed by atoms with E-state index in [4.69, 9.17) is 4.74 Å². The lowest BCUT2D eigenvalue weighted by Gasteiger charge is -2.31. The molecule has 5 nitrogen and oxygen atoms in total. The molecule has 2 aliphatic heterocycles. The van der Waals surface area contributed by atoms with Gasteiger partial charge in [0.15, 0.2) is 0 Å². The fraction of sp³-hybridized carbons (Fsp3) is 0.579. The third kappa shape index (κ3) is 3.18. The van der Waals surface area contributed by atoms with Gasteiger partial charge in [-0.15, -0.1) is 0 Å². The molecule has 2 atom stereocenters. The molecule has 2 fully saturated rings. The number of hydrogen-bond donors (Lipinski definition) is 1. The molecule has 0 aliphatic carbocycles. The zero-order valence-electron chi connectivity index (χ0n) is 14.5. The molecule has 5 heteroatoms. The van der Waals surface area contributed by atoms with E-state index in [1.165, 1.54) is 0 Å². The van der Waals surface area contributed by atoms with Gasteiger partial charge in [0, 0.05) is 13.1 Å². The molecule has 0 bridgehead atoms. The van der Waals surface area contributed by atoms with Crippen LogP contribution in [-0.4, -0.2) is 42.5 Å². The maximum absolute atomic E-state index is 12.9. The molecule has 0 saturated carbocycles. The van der Waals surface area contributed by atoms with E-state index < -0.39 is 6.04 Å². The molecule has 1 aromatic carbocycles. The van der Waals surface area contributed by atoms with Gasteiger partial charge in [0.1, 0.15) is 12.6 Å². The average Bonchev–Trinajstić information content (AvgIpc) is 3.17. The van der Waals surface area contributed by atoms with Crippen LogP contribution in [0.2, 0.25) is 0 Å². The summed E-state index contributed by atoms with van der Waals surface area (Å²) in [5.74, 6) is -0.158. The van der Waals surface area contributed by atoms with E-state index in [0.29, 0.717) is 6.54 Å². The summed E-state index contributed by atoms with van der Waals surface area (Å²) in [5.41, 5.74) is 0.657. The first-order valence-electron chi connectivity index (χ1n) is 8.76. The normalized spacial score (nSPS) is 24.8. The van der Waals surface area contributed by atoms with Gasteiger partial charge in [-0.2, -0.15) is 0 Å². The van der Waals surface area contributed by atoms with Crippen LogP contribution < -0.4 is 5.32 Å². The van der Waals surface area contributed by atoms with E-state index in [0.717, 1.165) is 31.5 Å². The summed E-state index contributed by atoms with van der Waals surface area (Å²) < 4.78 is 5.51. The molecule has 0 radical (unpaired) electrons. The Balaban J connectivity index is 1.68. The molecule has 130 valence electrons. The zero-order valence-corrected chi connectivity index (χ0v) is 14.5. The number of benzene rings is 1. The predicted molar refractivity (Wildman–Crippen MR) is 91.1 cm³/mol. The van der Waals surface area contributed by atoms with Gasteiger partial charge in [-0.05, 0) is 30.9 Å². The molecular formula is C19H26N2O3. The minimum absolute atomic E-state index is 0.0294. The van der Waals surface area contributed by atoms with E-state index in [1.54, 1.807) is 4.90 Å². The fourth-order valence-electron chi connectivity index (χ4n) is 3.83. The van der Waals surface area contributed by atoms with Gasteiger partial charge < -0.3 is 15.0 Å². The van der Waals surface area contributed by atoms with E-state index in [-0.39, 0.29) is 29.8 Å². The summed E-state index contributed by atoms with van der Waals surface area (Å²) in [4.78, 5) is 27.3. The largest absolute Gasteiger partial charge is 0.459 e. The van der Waals surface area contributed by atoms with Crippen LogP contribution in [0.15, 0.2) is 30.3 Å². The van der Waals surface area contributed by atoms with E-state index >= 15 is 0 Å². The first kappa shape index (κ1) is 17.0. The Morgan fingerprint density at radius 2 is 2.04 bits per heavy atom. The molecule has 0 aromatic heterocycles. The van der Waals surface area contributed by atoms with Crippen molar-refractivity contribution >= 4 is 11.9 Å². The lowest BCUT2D eigenvalue weighted by Crippen LogP contribution is -2.49. The van der Waals surface area contributed by atoms with Crippen LogP contribution in [0.3, 0.4) is 0 Å². The molecule has 2 aliphatic rings. The summed E-state index contributed by atoms with van der Waals surface area (Å²) in [6, 6.07) is 9.13. The quantitative estimate of drug-likeness (QED) is 0.839. The number of carbonyl (C=O) groups excluding carboxylic acids is 2. The lowest BCUT2D eigenvalue weighted by molar-refractivity contribution is -0.158. The van der Waals surface area contributed by atoms with Gasteiger partial charge in [0.05, 0.1) is 5.41 Å². The number of nitrogens with one attached hydrogen (secondary N) is 1. The molecule has 1 aromatic rings. The predicted octanol–water partition coefficient (Wildman–Crippen LogP) is 1.97. The highest BCUT2D eigenvalue weighted by Crippen LogP contribution is 2.39. The molecule has 1 amide bonds. The average molecular weight is 330 g/mol. The highest BCUT2D eigenvalue weighted by atomic mass is 16.5. The van der Waals surface area contributed by atoms with Crippen molar-refractivity contribution < 1.29 is 14.3 Å². The maximum Gasteiger partial charge on any atom is 0.329 e. The van der Waals surface area contributed by atoms with E-state index in [9.17, 15) is 9.59 Å². The molecule has 1 unspecified atom stereocenters. The van der Waals surface area contributed by atoms with Gasteiger partial charge in [-0.1, -0.05) is 44.2 Å². The van der Waals surface area contributed by atoms with Crippen molar-refractivity contribution in [2.24, 2.45) is 11.3 Å². The number of rotatable bonds is 5. The number of hydrogen-bond acceptors (Lipinski definition) is 4. The minimum atomic E-state index is -0.499. The van der Waals surface area contributed by atoms with Crippen molar-refractivity contribution in [2.75, 3.05) is 19.6 Å². The van der Waals surface area contributed by atoms with Gasteiger partial charge in [-0.3, -0.25) is 4.79 Å². The Labute approximate surface area is 143 Å². The van der Waals surface area contributed by atoms with Crippen LogP contribution in [0.5, 0.6) is 0 Å². The van der Waals surface area contributed by atoms with Crippen LogP contribution in [0.4, 0.5) is 0 Å². The molecule has 24 heavy (non-hydrogen) atoms. The molecular weight excluding hydrogens is 304 g/mol. The standard InChI is InChI=1S/C19H26N2O3/c1-14(2)16(17(22)24-12-15-6-4-3-5-7-15)21-11-9-19(18(21)23)8-10-20-13-19/h3-7,14,16,20H,8-13H2,1-2H3/t16-,19?/m0/s1. The highest BCUT2D eigenvalue weighted by molar-refractivity contribution is 5.90. The van der Waals surface area contributed by atoms with Crippen LogP contribution in [0, 0.1) is 11.3 Å². The molecule has 1 N–H and O–H groups in total. The Kier molecular flexibility index (Phi) is 4.90. The summed E-state index contributed by atoms with van der Waals surface area (Å²) in [5, 5.41) is 3.29.